The standard InChI is InChI=1S/C10H8BrCl/c1-6-2-7-4-8(12)5-10(11)9(7)3-6/h2,4-5H,3H2,1H3. The normalized spacial score (nSPS) is 14.4. The van der Waals surface area contributed by atoms with E-state index in [0.29, 0.717) is 0 Å². The molecule has 62 valence electrons. The van der Waals surface area contributed by atoms with E-state index in [9.17, 15) is 0 Å². The molecule has 0 spiro atoms. The van der Waals surface area contributed by atoms with Gasteiger partial charge in [0.1, 0.15) is 0 Å². The molecule has 1 aromatic carbocycles. The minimum Gasteiger partial charge on any atom is -0.0843 e. The van der Waals surface area contributed by atoms with Crippen molar-refractivity contribution in [3.8, 4) is 0 Å². The van der Waals surface area contributed by atoms with Gasteiger partial charge in [0.25, 0.3) is 0 Å². The van der Waals surface area contributed by atoms with Gasteiger partial charge in [0.2, 0.25) is 0 Å². The Hall–Kier alpha value is -0.270. The Labute approximate surface area is 85.4 Å². The highest BCUT2D eigenvalue weighted by Crippen LogP contribution is 2.33. The van der Waals surface area contributed by atoms with Crippen LogP contribution in [0.3, 0.4) is 0 Å². The summed E-state index contributed by atoms with van der Waals surface area (Å²) < 4.78 is 1.12. The number of rotatable bonds is 0. The lowest BCUT2D eigenvalue weighted by molar-refractivity contribution is 1.18. The number of benzene rings is 1. The zero-order valence-corrected chi connectivity index (χ0v) is 9.04. The predicted molar refractivity (Wildman–Crippen MR) is 56.5 cm³/mol. The molecule has 1 aromatic rings. The van der Waals surface area contributed by atoms with E-state index in [0.717, 1.165) is 15.9 Å². The minimum atomic E-state index is 0.798. The van der Waals surface area contributed by atoms with E-state index in [1.165, 1.54) is 16.7 Å². The lowest BCUT2D eigenvalue weighted by atomic mass is 10.1. The molecule has 12 heavy (non-hydrogen) atoms. The number of hydrogen-bond donors (Lipinski definition) is 0. The molecule has 0 bridgehead atoms. The van der Waals surface area contributed by atoms with E-state index in [4.69, 9.17) is 11.6 Å². The maximum atomic E-state index is 5.92. The highest BCUT2D eigenvalue weighted by Gasteiger charge is 2.13. The molecular weight excluding hydrogens is 235 g/mol. The summed E-state index contributed by atoms with van der Waals surface area (Å²) in [6.07, 6.45) is 3.24. The van der Waals surface area contributed by atoms with Gasteiger partial charge < -0.3 is 0 Å². The number of fused-ring (bicyclic) bond motifs is 1. The molecule has 0 heterocycles. The Morgan fingerprint density at radius 3 is 2.92 bits per heavy atom. The maximum Gasteiger partial charge on any atom is 0.0423 e. The molecule has 2 heteroatoms. The van der Waals surface area contributed by atoms with Gasteiger partial charge >= 0.3 is 0 Å². The fourth-order valence-corrected chi connectivity index (χ4v) is 2.51. The van der Waals surface area contributed by atoms with Crippen molar-refractivity contribution < 1.29 is 0 Å². The first kappa shape index (κ1) is 8.33. The van der Waals surface area contributed by atoms with E-state index in [1.54, 1.807) is 0 Å². The Balaban J connectivity index is 2.61. The quantitative estimate of drug-likeness (QED) is 0.644. The highest BCUT2D eigenvalue weighted by atomic mass is 79.9. The molecule has 0 aromatic heterocycles. The van der Waals surface area contributed by atoms with Gasteiger partial charge in [-0.1, -0.05) is 39.2 Å². The Bertz CT molecular complexity index is 366. The summed E-state index contributed by atoms with van der Waals surface area (Å²) in [7, 11) is 0. The molecule has 0 radical (unpaired) electrons. The second kappa shape index (κ2) is 2.90. The van der Waals surface area contributed by atoms with Gasteiger partial charge in [-0.3, -0.25) is 0 Å². The SMILES string of the molecule is CC1=Cc2cc(Cl)cc(Br)c2C1. The Kier molecular flexibility index (Phi) is 2.01. The van der Waals surface area contributed by atoms with Crippen LogP contribution in [0.4, 0.5) is 0 Å². The van der Waals surface area contributed by atoms with Crippen LogP contribution < -0.4 is 0 Å². The monoisotopic (exact) mass is 242 g/mol. The summed E-state index contributed by atoms with van der Waals surface area (Å²) in [5, 5.41) is 0.798. The van der Waals surface area contributed by atoms with Crippen molar-refractivity contribution in [3.63, 3.8) is 0 Å². The van der Waals surface area contributed by atoms with E-state index in [1.807, 2.05) is 12.1 Å². The average Bonchev–Trinajstić information content (AvgIpc) is 2.29. The van der Waals surface area contributed by atoms with Gasteiger partial charge in [-0.15, -0.1) is 0 Å². The predicted octanol–water partition coefficient (Wildman–Crippen LogP) is 4.06. The second-order valence-electron chi connectivity index (χ2n) is 3.12. The zero-order valence-electron chi connectivity index (χ0n) is 6.70. The van der Waals surface area contributed by atoms with Crippen LogP contribution in [-0.2, 0) is 6.42 Å². The molecule has 0 fully saturated rings. The van der Waals surface area contributed by atoms with Crippen LogP contribution in [0.25, 0.3) is 6.08 Å². The molecule has 2 rings (SSSR count). The van der Waals surface area contributed by atoms with Crippen molar-refractivity contribution >= 4 is 33.6 Å². The molecule has 0 atom stereocenters. The lowest BCUT2D eigenvalue weighted by Gasteiger charge is -2.02. The fourth-order valence-electron chi connectivity index (χ4n) is 1.53. The van der Waals surface area contributed by atoms with E-state index >= 15 is 0 Å². The van der Waals surface area contributed by atoms with Gasteiger partial charge in [-0.25, -0.2) is 0 Å². The fraction of sp³-hybridized carbons (Fsp3) is 0.200. The topological polar surface area (TPSA) is 0 Å². The van der Waals surface area contributed by atoms with Crippen LogP contribution in [0.1, 0.15) is 18.1 Å². The van der Waals surface area contributed by atoms with Gasteiger partial charge in [-0.05, 0) is 36.6 Å². The minimum absolute atomic E-state index is 0.798. The van der Waals surface area contributed by atoms with Crippen LogP contribution in [0.2, 0.25) is 5.02 Å². The maximum absolute atomic E-state index is 5.92. The Morgan fingerprint density at radius 1 is 1.42 bits per heavy atom. The number of hydrogen-bond acceptors (Lipinski definition) is 0. The third-order valence-electron chi connectivity index (χ3n) is 2.05. The lowest BCUT2D eigenvalue weighted by Crippen LogP contribution is -1.84. The first-order valence-electron chi connectivity index (χ1n) is 3.82. The summed E-state index contributed by atoms with van der Waals surface area (Å²) >= 11 is 9.42. The van der Waals surface area contributed by atoms with Gasteiger partial charge in [0, 0.05) is 9.50 Å². The zero-order chi connectivity index (χ0) is 8.72. The highest BCUT2D eigenvalue weighted by molar-refractivity contribution is 9.10. The second-order valence-corrected chi connectivity index (χ2v) is 4.41. The van der Waals surface area contributed by atoms with Crippen molar-refractivity contribution in [1.82, 2.24) is 0 Å². The van der Waals surface area contributed by atoms with Gasteiger partial charge in [0.15, 0.2) is 0 Å². The van der Waals surface area contributed by atoms with Crippen LogP contribution in [0.15, 0.2) is 22.2 Å². The summed E-state index contributed by atoms with van der Waals surface area (Å²) in [5.41, 5.74) is 4.01. The van der Waals surface area contributed by atoms with Crippen LogP contribution >= 0.6 is 27.5 Å². The number of allylic oxidation sites excluding steroid dienone is 1. The number of halogens is 2. The van der Waals surface area contributed by atoms with Crippen LogP contribution in [0, 0.1) is 0 Å². The van der Waals surface area contributed by atoms with Crippen molar-refractivity contribution in [2.75, 3.05) is 0 Å². The van der Waals surface area contributed by atoms with E-state index < -0.39 is 0 Å². The third-order valence-corrected chi connectivity index (χ3v) is 2.98. The molecular formula is C10H8BrCl. The first-order valence-corrected chi connectivity index (χ1v) is 4.99. The molecule has 0 N–H and O–H groups in total. The van der Waals surface area contributed by atoms with Crippen molar-refractivity contribution in [2.45, 2.75) is 13.3 Å². The molecule has 0 saturated carbocycles. The van der Waals surface area contributed by atoms with Crippen LogP contribution in [-0.4, -0.2) is 0 Å². The smallest absolute Gasteiger partial charge is 0.0423 e. The summed E-state index contributed by atoms with van der Waals surface area (Å²) in [4.78, 5) is 0. The largest absolute Gasteiger partial charge is 0.0843 e. The molecule has 1 aliphatic rings. The Morgan fingerprint density at radius 2 is 2.17 bits per heavy atom. The average molecular weight is 244 g/mol. The first-order chi connectivity index (χ1) is 5.66. The summed E-state index contributed by atoms with van der Waals surface area (Å²) in [6, 6.07) is 3.96. The summed E-state index contributed by atoms with van der Waals surface area (Å²) in [5.74, 6) is 0. The van der Waals surface area contributed by atoms with E-state index in [2.05, 4.69) is 28.9 Å². The van der Waals surface area contributed by atoms with Crippen molar-refractivity contribution in [2.24, 2.45) is 0 Å². The van der Waals surface area contributed by atoms with Gasteiger partial charge in [-0.2, -0.15) is 0 Å². The molecule has 0 aliphatic heterocycles. The van der Waals surface area contributed by atoms with Crippen LogP contribution in [0.5, 0.6) is 0 Å². The molecule has 1 aliphatic carbocycles. The molecule has 0 unspecified atom stereocenters. The molecule has 0 nitrogen and oxygen atoms in total. The van der Waals surface area contributed by atoms with Gasteiger partial charge in [0.05, 0.1) is 0 Å². The molecule has 0 amide bonds. The van der Waals surface area contributed by atoms with Crippen molar-refractivity contribution in [3.05, 3.63) is 38.3 Å². The summed E-state index contributed by atoms with van der Waals surface area (Å²) in [6.45, 7) is 2.14. The van der Waals surface area contributed by atoms with Crippen molar-refractivity contribution in [1.29, 1.82) is 0 Å². The van der Waals surface area contributed by atoms with E-state index in [-0.39, 0.29) is 0 Å². The third kappa shape index (κ3) is 1.32. The molecule has 0 saturated heterocycles.